The first kappa shape index (κ1) is 20.5. The molecule has 0 fully saturated rings. The quantitative estimate of drug-likeness (QED) is 0.573. The highest BCUT2D eigenvalue weighted by Gasteiger charge is 2.23. The number of carbonyl (C=O) groups is 2. The number of methoxy groups -OCH3 is 1. The van der Waals surface area contributed by atoms with Crippen LogP contribution in [0.5, 0.6) is 11.5 Å². The van der Waals surface area contributed by atoms with E-state index in [1.165, 1.54) is 0 Å². The van der Waals surface area contributed by atoms with Crippen LogP contribution in [0.3, 0.4) is 0 Å². The standard InChI is InChI=1S/C24H19ClN2O4/c1-30-19-9-4-16(5-10-19)14-26-23(28)17-6-11-21-20(13-17)27-24(29)22(31-21)12-15-2-7-18(25)8-3-15/h2-13H,14H2,1H3,(H,26,28)(H,27,29). The van der Waals surface area contributed by atoms with E-state index in [0.29, 0.717) is 28.6 Å². The number of amides is 2. The van der Waals surface area contributed by atoms with Crippen LogP contribution in [0, 0.1) is 0 Å². The Bertz CT molecular complexity index is 1160. The van der Waals surface area contributed by atoms with Crippen molar-refractivity contribution in [3.63, 3.8) is 0 Å². The van der Waals surface area contributed by atoms with E-state index < -0.39 is 5.91 Å². The molecular weight excluding hydrogens is 416 g/mol. The molecule has 0 atom stereocenters. The lowest BCUT2D eigenvalue weighted by Gasteiger charge is -2.20. The molecule has 156 valence electrons. The first-order chi connectivity index (χ1) is 15.0. The minimum Gasteiger partial charge on any atom is -0.497 e. The largest absolute Gasteiger partial charge is 0.497 e. The fraction of sp³-hybridized carbons (Fsp3) is 0.0833. The second-order valence-electron chi connectivity index (χ2n) is 6.86. The fourth-order valence-electron chi connectivity index (χ4n) is 3.04. The van der Waals surface area contributed by atoms with Crippen molar-refractivity contribution < 1.29 is 19.1 Å². The van der Waals surface area contributed by atoms with Gasteiger partial charge in [-0.05, 0) is 59.7 Å². The smallest absolute Gasteiger partial charge is 0.291 e. The van der Waals surface area contributed by atoms with E-state index in [9.17, 15) is 9.59 Å². The summed E-state index contributed by atoms with van der Waals surface area (Å²) in [6.07, 6.45) is 1.63. The average Bonchev–Trinajstić information content (AvgIpc) is 2.79. The van der Waals surface area contributed by atoms with Gasteiger partial charge in [0.05, 0.1) is 12.8 Å². The van der Waals surface area contributed by atoms with E-state index in [1.54, 1.807) is 55.7 Å². The highest BCUT2D eigenvalue weighted by Crippen LogP contribution is 2.32. The maximum Gasteiger partial charge on any atom is 0.291 e. The monoisotopic (exact) mass is 434 g/mol. The van der Waals surface area contributed by atoms with Crippen LogP contribution in [-0.4, -0.2) is 18.9 Å². The molecule has 31 heavy (non-hydrogen) atoms. The van der Waals surface area contributed by atoms with E-state index in [4.69, 9.17) is 21.1 Å². The van der Waals surface area contributed by atoms with Crippen LogP contribution in [0.1, 0.15) is 21.5 Å². The van der Waals surface area contributed by atoms with Gasteiger partial charge in [-0.1, -0.05) is 35.9 Å². The number of hydrogen-bond donors (Lipinski definition) is 2. The van der Waals surface area contributed by atoms with Gasteiger partial charge in [-0.15, -0.1) is 0 Å². The summed E-state index contributed by atoms with van der Waals surface area (Å²) in [6, 6.07) is 19.4. The van der Waals surface area contributed by atoms with Crippen LogP contribution in [-0.2, 0) is 11.3 Å². The molecule has 7 heteroatoms. The lowest BCUT2D eigenvalue weighted by atomic mass is 10.1. The van der Waals surface area contributed by atoms with Gasteiger partial charge in [-0.2, -0.15) is 0 Å². The molecule has 4 rings (SSSR count). The lowest BCUT2D eigenvalue weighted by molar-refractivity contribution is -0.115. The number of hydrogen-bond acceptors (Lipinski definition) is 4. The summed E-state index contributed by atoms with van der Waals surface area (Å²) in [6.45, 7) is 0.372. The fourth-order valence-corrected chi connectivity index (χ4v) is 3.17. The zero-order chi connectivity index (χ0) is 21.8. The van der Waals surface area contributed by atoms with Crippen LogP contribution < -0.4 is 20.1 Å². The maximum absolute atomic E-state index is 12.5. The molecule has 1 heterocycles. The van der Waals surface area contributed by atoms with Crippen molar-refractivity contribution in [2.24, 2.45) is 0 Å². The first-order valence-corrected chi connectivity index (χ1v) is 9.91. The molecule has 1 aliphatic rings. The maximum atomic E-state index is 12.5. The number of halogens is 1. The summed E-state index contributed by atoms with van der Waals surface area (Å²) in [7, 11) is 1.60. The van der Waals surface area contributed by atoms with Gasteiger partial charge < -0.3 is 20.1 Å². The molecule has 1 aliphatic heterocycles. The van der Waals surface area contributed by atoms with Gasteiger partial charge in [0.25, 0.3) is 11.8 Å². The SMILES string of the molecule is COc1ccc(CNC(=O)c2ccc3c(c2)NC(=O)C(=Cc2ccc(Cl)cc2)O3)cc1. The number of rotatable bonds is 5. The average molecular weight is 435 g/mol. The molecule has 0 aliphatic carbocycles. The van der Waals surface area contributed by atoms with E-state index in [1.807, 2.05) is 24.3 Å². The van der Waals surface area contributed by atoms with E-state index in [-0.39, 0.29) is 11.7 Å². The Morgan fingerprint density at radius 1 is 1.10 bits per heavy atom. The Morgan fingerprint density at radius 3 is 2.55 bits per heavy atom. The second kappa shape index (κ2) is 8.93. The van der Waals surface area contributed by atoms with Gasteiger partial charge in [0.1, 0.15) is 5.75 Å². The molecule has 0 bridgehead atoms. The van der Waals surface area contributed by atoms with Gasteiger partial charge in [0.15, 0.2) is 11.5 Å². The molecule has 3 aromatic rings. The van der Waals surface area contributed by atoms with Crippen molar-refractivity contribution in [3.05, 3.63) is 94.2 Å². The number of fused-ring (bicyclic) bond motifs is 1. The Kier molecular flexibility index (Phi) is 5.91. The van der Waals surface area contributed by atoms with Crippen LogP contribution in [0.15, 0.2) is 72.5 Å². The number of benzene rings is 3. The third kappa shape index (κ3) is 4.87. The molecule has 3 aromatic carbocycles. The van der Waals surface area contributed by atoms with Crippen molar-refractivity contribution in [2.45, 2.75) is 6.54 Å². The highest BCUT2D eigenvalue weighted by atomic mass is 35.5. The van der Waals surface area contributed by atoms with Crippen molar-refractivity contribution in [1.82, 2.24) is 5.32 Å². The van der Waals surface area contributed by atoms with E-state index >= 15 is 0 Å². The molecule has 6 nitrogen and oxygen atoms in total. The third-order valence-electron chi connectivity index (χ3n) is 4.71. The van der Waals surface area contributed by atoms with Gasteiger partial charge in [-0.3, -0.25) is 9.59 Å². The summed E-state index contributed by atoms with van der Waals surface area (Å²) in [5.74, 6) is 0.733. The first-order valence-electron chi connectivity index (χ1n) is 9.53. The molecule has 0 saturated carbocycles. The van der Waals surface area contributed by atoms with Gasteiger partial charge in [0, 0.05) is 17.1 Å². The second-order valence-corrected chi connectivity index (χ2v) is 7.29. The molecule has 0 aromatic heterocycles. The number of ether oxygens (including phenoxy) is 2. The van der Waals surface area contributed by atoms with Crippen molar-refractivity contribution >= 4 is 35.2 Å². The topological polar surface area (TPSA) is 76.7 Å². The van der Waals surface area contributed by atoms with Crippen molar-refractivity contribution in [3.8, 4) is 11.5 Å². The predicted molar refractivity (Wildman–Crippen MR) is 119 cm³/mol. The number of nitrogens with one attached hydrogen (secondary N) is 2. The summed E-state index contributed by atoms with van der Waals surface area (Å²) >= 11 is 5.89. The Hall–Kier alpha value is -3.77. The summed E-state index contributed by atoms with van der Waals surface area (Å²) in [5, 5.41) is 6.24. The van der Waals surface area contributed by atoms with Crippen LogP contribution >= 0.6 is 11.6 Å². The molecule has 2 N–H and O–H groups in total. The molecule has 0 saturated heterocycles. The molecule has 0 unspecified atom stereocenters. The molecular formula is C24H19ClN2O4. The highest BCUT2D eigenvalue weighted by molar-refractivity contribution is 6.30. The van der Waals surface area contributed by atoms with Crippen molar-refractivity contribution in [1.29, 1.82) is 0 Å². The van der Waals surface area contributed by atoms with Gasteiger partial charge >= 0.3 is 0 Å². The molecule has 0 radical (unpaired) electrons. The minimum absolute atomic E-state index is 0.159. The van der Waals surface area contributed by atoms with Gasteiger partial charge in [-0.25, -0.2) is 0 Å². The van der Waals surface area contributed by atoms with Crippen LogP contribution in [0.4, 0.5) is 5.69 Å². The number of anilines is 1. The molecule has 2 amide bonds. The third-order valence-corrected chi connectivity index (χ3v) is 4.97. The van der Waals surface area contributed by atoms with E-state index in [0.717, 1.165) is 16.9 Å². The van der Waals surface area contributed by atoms with Crippen LogP contribution in [0.25, 0.3) is 6.08 Å². The Morgan fingerprint density at radius 2 is 1.84 bits per heavy atom. The lowest BCUT2D eigenvalue weighted by Crippen LogP contribution is -2.25. The normalized spacial score (nSPS) is 13.7. The summed E-state index contributed by atoms with van der Waals surface area (Å²) in [4.78, 5) is 25.0. The number of carbonyl (C=O) groups excluding carboxylic acids is 2. The minimum atomic E-state index is -0.391. The summed E-state index contributed by atoms with van der Waals surface area (Å²) in [5.41, 5.74) is 2.59. The van der Waals surface area contributed by atoms with Crippen molar-refractivity contribution in [2.75, 3.05) is 12.4 Å². The molecule has 0 spiro atoms. The zero-order valence-electron chi connectivity index (χ0n) is 16.6. The van der Waals surface area contributed by atoms with E-state index in [2.05, 4.69) is 10.6 Å². The Labute approximate surface area is 184 Å². The zero-order valence-corrected chi connectivity index (χ0v) is 17.4. The van der Waals surface area contributed by atoms with Crippen LogP contribution in [0.2, 0.25) is 5.02 Å². The summed E-state index contributed by atoms with van der Waals surface area (Å²) < 4.78 is 10.9. The van der Waals surface area contributed by atoms with Gasteiger partial charge in [0.2, 0.25) is 0 Å². The predicted octanol–water partition coefficient (Wildman–Crippen LogP) is 4.65. The Balaban J connectivity index is 1.45.